The van der Waals surface area contributed by atoms with Crippen LogP contribution in [0.4, 0.5) is 0 Å². The van der Waals surface area contributed by atoms with Gasteiger partial charge in [-0.25, -0.2) is 4.99 Å². The Balaban J connectivity index is 0.00000300. The monoisotopic (exact) mass is 512 g/mol. The second-order valence-electron chi connectivity index (χ2n) is 6.79. The van der Waals surface area contributed by atoms with Gasteiger partial charge in [0, 0.05) is 32.7 Å². The molecule has 1 aliphatic heterocycles. The molecule has 0 atom stereocenters. The van der Waals surface area contributed by atoms with E-state index in [-0.39, 0.29) is 29.9 Å². The Morgan fingerprint density at radius 1 is 1.21 bits per heavy atom. The number of piperazine rings is 1. The van der Waals surface area contributed by atoms with E-state index in [1.165, 1.54) is 6.26 Å². The summed E-state index contributed by atoms with van der Waals surface area (Å²) in [5.74, 6) is 2.05. The molecule has 1 fully saturated rings. The van der Waals surface area contributed by atoms with E-state index in [1.54, 1.807) is 19.2 Å². The first-order valence-corrected chi connectivity index (χ1v) is 9.61. The number of benzene rings is 1. The van der Waals surface area contributed by atoms with Gasteiger partial charge in [0.1, 0.15) is 5.75 Å². The van der Waals surface area contributed by atoms with Crippen molar-refractivity contribution in [1.82, 2.24) is 15.1 Å². The summed E-state index contributed by atoms with van der Waals surface area (Å²) in [7, 11) is 1.68. The number of aryl methyl sites for hydroxylation is 1. The van der Waals surface area contributed by atoms with Gasteiger partial charge < -0.3 is 24.3 Å². The minimum absolute atomic E-state index is 0. The largest absolute Gasteiger partial charge is 0.497 e. The number of carbonyl (C=O) groups excluding carboxylic acids is 1. The molecule has 1 amide bonds. The van der Waals surface area contributed by atoms with E-state index in [0.717, 1.165) is 42.5 Å². The third-order valence-electron chi connectivity index (χ3n) is 4.69. The highest BCUT2D eigenvalue weighted by atomic mass is 127. The first-order chi connectivity index (χ1) is 13.6. The summed E-state index contributed by atoms with van der Waals surface area (Å²) in [6, 6.07) is 9.58. The van der Waals surface area contributed by atoms with E-state index in [2.05, 4.69) is 30.1 Å². The van der Waals surface area contributed by atoms with Crippen molar-refractivity contribution < 1.29 is 13.9 Å². The van der Waals surface area contributed by atoms with Crippen molar-refractivity contribution in [3.8, 4) is 5.75 Å². The van der Waals surface area contributed by atoms with Crippen molar-refractivity contribution in [1.29, 1.82) is 0 Å². The third kappa shape index (κ3) is 6.12. The number of methoxy groups -OCH3 is 1. The molecule has 0 spiro atoms. The van der Waals surface area contributed by atoms with Crippen LogP contribution in [-0.4, -0.2) is 61.5 Å². The Morgan fingerprint density at radius 3 is 2.55 bits per heavy atom. The van der Waals surface area contributed by atoms with Crippen LogP contribution in [0.1, 0.15) is 28.6 Å². The number of hydrogen-bond donors (Lipinski definition) is 1. The first kappa shape index (κ1) is 23.1. The summed E-state index contributed by atoms with van der Waals surface area (Å²) < 4.78 is 10.6. The van der Waals surface area contributed by atoms with Crippen molar-refractivity contribution >= 4 is 35.8 Å². The minimum Gasteiger partial charge on any atom is -0.497 e. The maximum atomic E-state index is 12.4. The number of amides is 1. The molecular weight excluding hydrogens is 483 g/mol. The predicted molar refractivity (Wildman–Crippen MR) is 124 cm³/mol. The van der Waals surface area contributed by atoms with Crippen LogP contribution in [0.2, 0.25) is 0 Å². The second-order valence-corrected chi connectivity index (χ2v) is 6.79. The van der Waals surface area contributed by atoms with Gasteiger partial charge in [0.25, 0.3) is 5.91 Å². The van der Waals surface area contributed by atoms with E-state index in [4.69, 9.17) is 14.1 Å². The van der Waals surface area contributed by atoms with Crippen LogP contribution < -0.4 is 10.1 Å². The van der Waals surface area contributed by atoms with Crippen LogP contribution in [-0.2, 0) is 6.54 Å². The lowest BCUT2D eigenvalue weighted by Gasteiger charge is -2.36. The van der Waals surface area contributed by atoms with Gasteiger partial charge in [0.2, 0.25) is 0 Å². The number of aliphatic imine (C=N–C) groups is 1. The molecule has 0 bridgehead atoms. The van der Waals surface area contributed by atoms with Crippen LogP contribution in [0.25, 0.3) is 0 Å². The van der Waals surface area contributed by atoms with Crippen LogP contribution >= 0.6 is 24.0 Å². The van der Waals surface area contributed by atoms with Crippen LogP contribution in [0.5, 0.6) is 5.75 Å². The number of guanidine groups is 1. The van der Waals surface area contributed by atoms with Gasteiger partial charge in [-0.15, -0.1) is 24.0 Å². The standard InChI is InChI=1S/C21H28N4O3.HI/c1-4-22-21(23-15-17-12-16(2)13-18(14-17)27-3)25-9-7-24(8-10-25)20(26)19-6-5-11-28-19;/h5-6,11-14H,4,7-10,15H2,1-3H3,(H,22,23);1H. The Labute approximate surface area is 189 Å². The number of nitrogens with zero attached hydrogens (tertiary/aromatic N) is 3. The fourth-order valence-electron chi connectivity index (χ4n) is 3.30. The summed E-state index contributed by atoms with van der Waals surface area (Å²) >= 11 is 0. The lowest BCUT2D eigenvalue weighted by atomic mass is 10.1. The highest BCUT2D eigenvalue weighted by Gasteiger charge is 2.25. The Morgan fingerprint density at radius 2 is 1.93 bits per heavy atom. The molecule has 29 heavy (non-hydrogen) atoms. The van der Waals surface area contributed by atoms with Gasteiger partial charge in [-0.2, -0.15) is 0 Å². The smallest absolute Gasteiger partial charge is 0.289 e. The van der Waals surface area contributed by atoms with Crippen molar-refractivity contribution in [2.24, 2.45) is 4.99 Å². The fourth-order valence-corrected chi connectivity index (χ4v) is 3.30. The lowest BCUT2D eigenvalue weighted by molar-refractivity contribution is 0.0657. The number of carbonyl (C=O) groups is 1. The van der Waals surface area contributed by atoms with E-state index in [9.17, 15) is 4.79 Å². The van der Waals surface area contributed by atoms with E-state index < -0.39 is 0 Å². The normalized spacial score (nSPS) is 14.4. The lowest BCUT2D eigenvalue weighted by Crippen LogP contribution is -2.53. The van der Waals surface area contributed by atoms with Crippen LogP contribution in [0.3, 0.4) is 0 Å². The van der Waals surface area contributed by atoms with Gasteiger partial charge in [0.15, 0.2) is 11.7 Å². The average molecular weight is 512 g/mol. The van der Waals surface area contributed by atoms with Crippen LogP contribution in [0, 0.1) is 6.92 Å². The number of nitrogens with one attached hydrogen (secondary N) is 1. The third-order valence-corrected chi connectivity index (χ3v) is 4.69. The summed E-state index contributed by atoms with van der Waals surface area (Å²) in [4.78, 5) is 21.2. The molecule has 3 rings (SSSR count). The summed E-state index contributed by atoms with van der Waals surface area (Å²) in [6.07, 6.45) is 1.53. The molecular formula is C21H29IN4O3. The minimum atomic E-state index is -0.0570. The molecule has 0 unspecified atom stereocenters. The van der Waals surface area contributed by atoms with Crippen molar-refractivity contribution in [3.05, 3.63) is 53.5 Å². The highest BCUT2D eigenvalue weighted by molar-refractivity contribution is 14.0. The van der Waals surface area contributed by atoms with Crippen molar-refractivity contribution in [2.75, 3.05) is 39.8 Å². The highest BCUT2D eigenvalue weighted by Crippen LogP contribution is 2.17. The molecule has 1 saturated heterocycles. The fraction of sp³-hybridized carbons (Fsp3) is 0.429. The van der Waals surface area contributed by atoms with Crippen molar-refractivity contribution in [3.63, 3.8) is 0 Å². The Bertz CT molecular complexity index is 815. The zero-order valence-corrected chi connectivity index (χ0v) is 19.5. The molecule has 158 valence electrons. The maximum Gasteiger partial charge on any atom is 0.289 e. The summed E-state index contributed by atoms with van der Waals surface area (Å²) in [5.41, 5.74) is 2.26. The van der Waals surface area contributed by atoms with Gasteiger partial charge >= 0.3 is 0 Å². The Kier molecular flexibility index (Phi) is 8.81. The molecule has 1 aliphatic rings. The number of ether oxygens (including phenoxy) is 1. The molecule has 1 aromatic carbocycles. The number of hydrogen-bond acceptors (Lipinski definition) is 4. The van der Waals surface area contributed by atoms with Gasteiger partial charge in [-0.05, 0) is 49.2 Å². The van der Waals surface area contributed by atoms with Gasteiger partial charge in [0.05, 0.1) is 19.9 Å². The topological polar surface area (TPSA) is 70.3 Å². The quantitative estimate of drug-likeness (QED) is 0.379. The molecule has 0 saturated carbocycles. The molecule has 8 heteroatoms. The molecule has 1 N–H and O–H groups in total. The van der Waals surface area contributed by atoms with Gasteiger partial charge in [-0.3, -0.25) is 4.79 Å². The molecule has 7 nitrogen and oxygen atoms in total. The summed E-state index contributed by atoms with van der Waals surface area (Å²) in [6.45, 7) is 8.22. The number of rotatable bonds is 5. The zero-order valence-electron chi connectivity index (χ0n) is 17.2. The zero-order chi connectivity index (χ0) is 19.9. The molecule has 1 aromatic heterocycles. The molecule has 2 heterocycles. The van der Waals surface area contributed by atoms with Crippen molar-refractivity contribution in [2.45, 2.75) is 20.4 Å². The second kappa shape index (κ2) is 11.1. The molecule has 2 aromatic rings. The van der Waals surface area contributed by atoms with Gasteiger partial charge in [-0.1, -0.05) is 6.07 Å². The predicted octanol–water partition coefficient (Wildman–Crippen LogP) is 3.14. The number of halogens is 1. The summed E-state index contributed by atoms with van der Waals surface area (Å²) in [5, 5.41) is 3.36. The van der Waals surface area contributed by atoms with E-state index in [0.29, 0.717) is 25.4 Å². The number of furan rings is 1. The first-order valence-electron chi connectivity index (χ1n) is 9.61. The average Bonchev–Trinajstić information content (AvgIpc) is 3.25. The molecule has 0 aliphatic carbocycles. The SMILES string of the molecule is CCNC(=NCc1cc(C)cc(OC)c1)N1CCN(C(=O)c2ccco2)CC1.I. The maximum absolute atomic E-state index is 12.4. The van der Waals surface area contributed by atoms with E-state index >= 15 is 0 Å². The van der Waals surface area contributed by atoms with E-state index in [1.807, 2.05) is 17.0 Å². The Hall–Kier alpha value is -2.23. The van der Waals surface area contributed by atoms with Crippen LogP contribution in [0.15, 0.2) is 46.0 Å². The molecule has 0 radical (unpaired) electrons.